The number of aromatic nitrogens is 1. The van der Waals surface area contributed by atoms with E-state index in [0.717, 1.165) is 11.1 Å². The van der Waals surface area contributed by atoms with Gasteiger partial charge in [0.05, 0.1) is 17.8 Å². The van der Waals surface area contributed by atoms with Gasteiger partial charge in [-0.1, -0.05) is 50.2 Å². The van der Waals surface area contributed by atoms with Crippen molar-refractivity contribution in [1.29, 1.82) is 0 Å². The number of esters is 1. The van der Waals surface area contributed by atoms with Crippen LogP contribution in [0.25, 0.3) is 22.4 Å². The first-order valence-electron chi connectivity index (χ1n) is 11.0. The number of carbonyl (C=O) groups is 1. The number of nitrogens with zero attached hydrogens (tertiary/aromatic N) is 1. The van der Waals surface area contributed by atoms with Crippen LogP contribution < -0.4 is 4.74 Å². The van der Waals surface area contributed by atoms with Gasteiger partial charge in [-0.25, -0.2) is 9.37 Å². The fourth-order valence-electron chi connectivity index (χ4n) is 3.65. The summed E-state index contributed by atoms with van der Waals surface area (Å²) < 4.78 is 30.7. The highest BCUT2D eigenvalue weighted by Gasteiger charge is 2.37. The third-order valence-electron chi connectivity index (χ3n) is 5.49. The maximum absolute atomic E-state index is 13.6. The number of aliphatic hydroxyl groups excluding tert-OH is 1. The van der Waals surface area contributed by atoms with Crippen LogP contribution in [0.15, 0.2) is 54.6 Å². The van der Waals surface area contributed by atoms with Crippen molar-refractivity contribution in [2.24, 2.45) is 0 Å². The standard InChI is InChI=1S/C27H25FNO5P/c1-5-24(35(32)33)23(30)15-25(31)34-27-21(18-10-12-19(28)13-11-18)14-22(29-26(27)16(2)3)20-9-7-6-8-17(20)4/h1,6-14,16,23-24,30H,15H2,2-4H3/p+1. The average Bonchev–Trinajstić information content (AvgIpc) is 2.80. The van der Waals surface area contributed by atoms with Crippen LogP contribution in [0.4, 0.5) is 4.39 Å². The Morgan fingerprint density at radius 1 is 1.17 bits per heavy atom. The number of halogens is 1. The fraction of sp³-hybridized carbons (Fsp3) is 0.259. The highest BCUT2D eigenvalue weighted by Crippen LogP contribution is 2.40. The van der Waals surface area contributed by atoms with Crippen molar-refractivity contribution in [3.63, 3.8) is 0 Å². The van der Waals surface area contributed by atoms with E-state index in [1.807, 2.05) is 51.0 Å². The zero-order chi connectivity index (χ0) is 25.7. The maximum Gasteiger partial charge on any atom is 0.524 e. The third-order valence-corrected chi connectivity index (χ3v) is 6.46. The van der Waals surface area contributed by atoms with Crippen molar-refractivity contribution in [2.75, 3.05) is 0 Å². The lowest BCUT2D eigenvalue weighted by Crippen LogP contribution is -2.27. The fourth-order valence-corrected chi connectivity index (χ4v) is 4.18. The van der Waals surface area contributed by atoms with Gasteiger partial charge >= 0.3 is 14.0 Å². The number of carbonyl (C=O) groups excluding carboxylic acids is 1. The largest absolute Gasteiger partial charge is 0.524 e. The lowest BCUT2D eigenvalue weighted by atomic mass is 9.96. The summed E-state index contributed by atoms with van der Waals surface area (Å²) in [5.41, 5.74) is 2.78. The number of aryl methyl sites for hydroxylation is 1. The number of hydrogen-bond donors (Lipinski definition) is 2. The Morgan fingerprint density at radius 2 is 1.83 bits per heavy atom. The van der Waals surface area contributed by atoms with Crippen LogP contribution in [0.2, 0.25) is 0 Å². The van der Waals surface area contributed by atoms with Gasteiger partial charge in [0.2, 0.25) is 0 Å². The summed E-state index contributed by atoms with van der Waals surface area (Å²) in [6.07, 6.45) is 3.07. The van der Waals surface area contributed by atoms with Crippen molar-refractivity contribution in [1.82, 2.24) is 4.98 Å². The quantitative estimate of drug-likeness (QED) is 0.248. The highest BCUT2D eigenvalue weighted by molar-refractivity contribution is 7.39. The lowest BCUT2D eigenvalue weighted by Gasteiger charge is -2.19. The number of rotatable bonds is 8. The summed E-state index contributed by atoms with van der Waals surface area (Å²) in [6, 6.07) is 15.3. The molecule has 2 N–H and O–H groups in total. The Balaban J connectivity index is 2.12. The van der Waals surface area contributed by atoms with Crippen LogP contribution in [-0.4, -0.2) is 32.7 Å². The molecule has 0 radical (unpaired) electrons. The molecule has 3 atom stereocenters. The Labute approximate surface area is 204 Å². The maximum atomic E-state index is 13.6. The molecule has 2 aromatic carbocycles. The molecule has 0 spiro atoms. The minimum Gasteiger partial charge on any atom is -0.424 e. The Kier molecular flexibility index (Phi) is 8.48. The summed E-state index contributed by atoms with van der Waals surface area (Å²) >= 11 is 0. The molecule has 0 saturated carbocycles. The third kappa shape index (κ3) is 6.17. The van der Waals surface area contributed by atoms with Crippen LogP contribution in [0.1, 0.15) is 37.4 Å². The van der Waals surface area contributed by atoms with E-state index in [-0.39, 0.29) is 11.7 Å². The van der Waals surface area contributed by atoms with E-state index in [4.69, 9.17) is 16.1 Å². The van der Waals surface area contributed by atoms with Crippen LogP contribution >= 0.6 is 8.03 Å². The van der Waals surface area contributed by atoms with E-state index in [0.29, 0.717) is 22.5 Å². The first-order valence-corrected chi connectivity index (χ1v) is 12.3. The Morgan fingerprint density at radius 3 is 2.40 bits per heavy atom. The summed E-state index contributed by atoms with van der Waals surface area (Å²) in [5.74, 6) is 0.798. The Hall–Kier alpha value is -3.43. The molecule has 180 valence electrons. The van der Waals surface area contributed by atoms with Gasteiger partial charge in [0.1, 0.15) is 11.9 Å². The van der Waals surface area contributed by atoms with Crippen molar-refractivity contribution < 1.29 is 28.5 Å². The zero-order valence-electron chi connectivity index (χ0n) is 19.6. The molecular weight excluding hydrogens is 468 g/mol. The average molecular weight is 494 g/mol. The van der Waals surface area contributed by atoms with Crippen molar-refractivity contribution in [2.45, 2.75) is 44.9 Å². The van der Waals surface area contributed by atoms with Crippen molar-refractivity contribution in [3.05, 3.63) is 71.7 Å². The molecule has 0 amide bonds. The second-order valence-corrected chi connectivity index (χ2v) is 9.57. The van der Waals surface area contributed by atoms with Gasteiger partial charge in [-0.3, -0.25) is 4.79 Å². The molecule has 6 nitrogen and oxygen atoms in total. The number of terminal acetylenes is 1. The Bertz CT molecular complexity index is 1280. The normalized spacial score (nSPS) is 13.1. The van der Waals surface area contributed by atoms with E-state index in [9.17, 15) is 23.7 Å². The smallest absolute Gasteiger partial charge is 0.424 e. The number of hydrogen-bond acceptors (Lipinski definition) is 5. The molecule has 3 aromatic rings. The molecule has 1 heterocycles. The van der Waals surface area contributed by atoms with Gasteiger partial charge in [0.25, 0.3) is 5.66 Å². The number of pyridine rings is 1. The van der Waals surface area contributed by atoms with Gasteiger partial charge in [-0.05, 0) is 52.7 Å². The zero-order valence-corrected chi connectivity index (χ0v) is 20.5. The second kappa shape index (κ2) is 11.3. The molecule has 3 rings (SSSR count). The SMILES string of the molecule is C#CC(C(O)CC(=O)Oc1c(-c2ccc(F)cc2)cc(-c2ccccc2C)nc1C(C)C)[P+](=O)O. The van der Waals surface area contributed by atoms with E-state index in [1.165, 1.54) is 12.1 Å². The van der Waals surface area contributed by atoms with Gasteiger partial charge in [-0.2, -0.15) is 4.89 Å². The van der Waals surface area contributed by atoms with E-state index < -0.39 is 38.0 Å². The van der Waals surface area contributed by atoms with E-state index >= 15 is 0 Å². The monoisotopic (exact) mass is 494 g/mol. The van der Waals surface area contributed by atoms with Gasteiger partial charge < -0.3 is 9.84 Å². The summed E-state index contributed by atoms with van der Waals surface area (Å²) in [7, 11) is -2.88. The van der Waals surface area contributed by atoms with Crippen LogP contribution in [0.3, 0.4) is 0 Å². The summed E-state index contributed by atoms with van der Waals surface area (Å²) in [5, 5.41) is 10.2. The highest BCUT2D eigenvalue weighted by atomic mass is 31.1. The predicted molar refractivity (Wildman–Crippen MR) is 133 cm³/mol. The molecule has 0 saturated heterocycles. The first kappa shape index (κ1) is 26.2. The molecule has 8 heteroatoms. The molecule has 0 fully saturated rings. The van der Waals surface area contributed by atoms with Crippen LogP contribution in [0, 0.1) is 25.1 Å². The molecule has 35 heavy (non-hydrogen) atoms. The molecular formula is C27H26FNO5P+. The summed E-state index contributed by atoms with van der Waals surface area (Å²) in [6.45, 7) is 5.76. The number of ether oxygens (including phenoxy) is 1. The topological polar surface area (TPSA) is 96.7 Å². The second-order valence-electron chi connectivity index (χ2n) is 8.41. The minimum absolute atomic E-state index is 0.156. The van der Waals surface area contributed by atoms with Crippen molar-refractivity contribution in [3.8, 4) is 40.5 Å². The molecule has 1 aromatic heterocycles. The first-order chi connectivity index (χ1) is 16.6. The van der Waals surface area contributed by atoms with E-state index in [1.54, 1.807) is 18.2 Å². The molecule has 3 unspecified atom stereocenters. The minimum atomic E-state index is -2.88. The molecule has 0 aliphatic carbocycles. The molecule has 0 bridgehead atoms. The van der Waals surface area contributed by atoms with Gasteiger partial charge in [0, 0.05) is 11.1 Å². The summed E-state index contributed by atoms with van der Waals surface area (Å²) in [4.78, 5) is 26.9. The van der Waals surface area contributed by atoms with Gasteiger partial charge in [-0.15, -0.1) is 6.42 Å². The predicted octanol–water partition coefficient (Wildman–Crippen LogP) is 5.38. The van der Waals surface area contributed by atoms with Crippen LogP contribution in [-0.2, 0) is 9.36 Å². The number of benzene rings is 2. The van der Waals surface area contributed by atoms with Gasteiger partial charge in [0.15, 0.2) is 5.75 Å². The molecule has 0 aliphatic heterocycles. The number of aliphatic hydroxyl groups is 1. The van der Waals surface area contributed by atoms with Crippen LogP contribution in [0.5, 0.6) is 5.75 Å². The van der Waals surface area contributed by atoms with E-state index in [2.05, 4.69) is 0 Å². The molecule has 0 aliphatic rings. The lowest BCUT2D eigenvalue weighted by molar-refractivity contribution is -0.136. The van der Waals surface area contributed by atoms with Crippen molar-refractivity contribution >= 4 is 14.0 Å².